The Morgan fingerprint density at radius 3 is 2.59 bits per heavy atom. The number of fused-ring (bicyclic) bond motifs is 1. The first-order valence-electron chi connectivity index (χ1n) is 13.6. The van der Waals surface area contributed by atoms with E-state index in [1.165, 1.54) is 4.90 Å². The number of halogens is 1. The second-order valence-corrected chi connectivity index (χ2v) is 11.3. The molecule has 1 aliphatic rings. The number of carbonyl (C=O) groups is 2. The lowest BCUT2D eigenvalue weighted by molar-refractivity contribution is -0.144. The quantitative estimate of drug-likeness (QED) is 0.182. The second-order valence-electron chi connectivity index (χ2n) is 10.8. The number of ether oxygens (including phenoxy) is 1. The second kappa shape index (κ2) is 11.9. The minimum Gasteiger partial charge on any atom is -0.489 e. The number of hydroxylamine groups is 1. The Morgan fingerprint density at radius 2 is 1.88 bits per heavy atom. The molecule has 0 radical (unpaired) electrons. The zero-order chi connectivity index (χ0) is 29.1. The molecule has 212 valence electrons. The molecule has 2 amide bonds. The summed E-state index contributed by atoms with van der Waals surface area (Å²) in [6, 6.07) is 23.9. The van der Waals surface area contributed by atoms with Crippen LogP contribution in [0.5, 0.6) is 5.75 Å². The molecule has 4 aromatic rings. The molecule has 2 atom stereocenters. The number of pyridine rings is 1. The summed E-state index contributed by atoms with van der Waals surface area (Å²) < 4.78 is 6.17. The van der Waals surface area contributed by atoms with Gasteiger partial charge in [0.05, 0.1) is 11.2 Å². The van der Waals surface area contributed by atoms with Crippen LogP contribution in [0.4, 0.5) is 0 Å². The molecule has 0 spiro atoms. The van der Waals surface area contributed by atoms with E-state index in [2.05, 4.69) is 0 Å². The maximum absolute atomic E-state index is 13.5. The number of hydrogen-bond donors (Lipinski definition) is 3. The lowest BCUT2D eigenvalue weighted by Gasteiger charge is -2.30. The van der Waals surface area contributed by atoms with Gasteiger partial charge in [0.2, 0.25) is 5.91 Å². The summed E-state index contributed by atoms with van der Waals surface area (Å²) in [5.74, 6) is -0.171. The van der Waals surface area contributed by atoms with Crippen LogP contribution in [-0.2, 0) is 21.7 Å². The third-order valence-electron chi connectivity index (χ3n) is 7.56. The van der Waals surface area contributed by atoms with E-state index in [4.69, 9.17) is 27.1 Å². The lowest BCUT2D eigenvalue weighted by Crippen LogP contribution is -2.52. The molecule has 1 aliphatic heterocycles. The van der Waals surface area contributed by atoms with Crippen molar-refractivity contribution in [2.75, 3.05) is 6.54 Å². The van der Waals surface area contributed by atoms with Crippen molar-refractivity contribution < 1.29 is 19.5 Å². The summed E-state index contributed by atoms with van der Waals surface area (Å²) in [7, 11) is 0. The average Bonchev–Trinajstić information content (AvgIpc) is 3.28. The van der Waals surface area contributed by atoms with Gasteiger partial charge in [0.15, 0.2) is 0 Å². The summed E-state index contributed by atoms with van der Waals surface area (Å²) in [5, 5.41) is 10.9. The number of rotatable bonds is 9. The topological polar surface area (TPSA) is 118 Å². The Labute approximate surface area is 244 Å². The molecule has 9 heteroatoms. The molecule has 3 aromatic carbocycles. The van der Waals surface area contributed by atoms with Gasteiger partial charge >= 0.3 is 0 Å². The van der Waals surface area contributed by atoms with Crippen LogP contribution in [0.2, 0.25) is 5.02 Å². The highest BCUT2D eigenvalue weighted by Gasteiger charge is 2.48. The van der Waals surface area contributed by atoms with Crippen LogP contribution in [0.3, 0.4) is 0 Å². The van der Waals surface area contributed by atoms with Crippen molar-refractivity contribution in [2.24, 2.45) is 11.7 Å². The van der Waals surface area contributed by atoms with Crippen molar-refractivity contribution in [3.8, 4) is 17.0 Å². The van der Waals surface area contributed by atoms with Gasteiger partial charge in [-0.3, -0.25) is 14.8 Å². The molecular formula is C32H33ClN4O4. The number of hydrogen-bond acceptors (Lipinski definition) is 6. The van der Waals surface area contributed by atoms with E-state index in [0.29, 0.717) is 42.3 Å². The summed E-state index contributed by atoms with van der Waals surface area (Å²) >= 11 is 6.22. The molecule has 1 saturated heterocycles. The lowest BCUT2D eigenvalue weighted by atomic mass is 9.89. The van der Waals surface area contributed by atoms with Gasteiger partial charge in [0, 0.05) is 28.1 Å². The van der Waals surface area contributed by atoms with Crippen LogP contribution in [0.1, 0.15) is 37.8 Å². The largest absolute Gasteiger partial charge is 0.489 e. The van der Waals surface area contributed by atoms with Gasteiger partial charge in [-0.2, -0.15) is 0 Å². The van der Waals surface area contributed by atoms with E-state index in [1.54, 1.807) is 29.7 Å². The zero-order valence-corrected chi connectivity index (χ0v) is 23.8. The molecule has 1 aromatic heterocycles. The molecule has 41 heavy (non-hydrogen) atoms. The molecule has 5 rings (SSSR count). The molecule has 4 N–H and O–H groups in total. The summed E-state index contributed by atoms with van der Waals surface area (Å²) in [5.41, 5.74) is 11.3. The van der Waals surface area contributed by atoms with Crippen molar-refractivity contribution in [3.05, 3.63) is 95.0 Å². The fraction of sp³-hybridized carbons (Fsp3) is 0.281. The molecule has 0 aliphatic carbocycles. The first-order chi connectivity index (χ1) is 19.7. The molecule has 0 bridgehead atoms. The highest BCUT2D eigenvalue weighted by molar-refractivity contribution is 6.30. The smallest absolute Gasteiger partial charge is 0.266 e. The number of para-hydroxylation sites is 1. The van der Waals surface area contributed by atoms with E-state index >= 15 is 0 Å². The number of likely N-dealkylation sites (tertiary alicyclic amines) is 1. The highest BCUT2D eigenvalue weighted by atomic mass is 35.5. The molecule has 1 fully saturated rings. The number of carbonyl (C=O) groups excluding carboxylic acids is 2. The van der Waals surface area contributed by atoms with E-state index in [0.717, 1.165) is 27.7 Å². The Bertz CT molecular complexity index is 1580. The predicted molar refractivity (Wildman–Crippen MR) is 158 cm³/mol. The van der Waals surface area contributed by atoms with Crippen LogP contribution >= 0.6 is 11.6 Å². The van der Waals surface area contributed by atoms with Crippen molar-refractivity contribution in [1.29, 1.82) is 0 Å². The number of amides is 2. The van der Waals surface area contributed by atoms with Crippen LogP contribution in [0.25, 0.3) is 22.2 Å². The fourth-order valence-electron chi connectivity index (χ4n) is 5.40. The van der Waals surface area contributed by atoms with E-state index in [1.807, 2.05) is 68.4 Å². The Balaban J connectivity index is 1.34. The maximum atomic E-state index is 13.5. The molecule has 2 heterocycles. The monoisotopic (exact) mass is 572 g/mol. The maximum Gasteiger partial charge on any atom is 0.266 e. The predicted octanol–water partition coefficient (Wildman–Crippen LogP) is 5.44. The van der Waals surface area contributed by atoms with Crippen molar-refractivity contribution in [2.45, 2.75) is 44.9 Å². The number of benzene rings is 3. The van der Waals surface area contributed by atoms with Gasteiger partial charge in [-0.25, -0.2) is 10.5 Å². The first-order valence-corrected chi connectivity index (χ1v) is 14.0. The summed E-state index contributed by atoms with van der Waals surface area (Å²) in [6.45, 7) is 4.55. The minimum atomic E-state index is -1.27. The summed E-state index contributed by atoms with van der Waals surface area (Å²) in [4.78, 5) is 32.1. The van der Waals surface area contributed by atoms with E-state index < -0.39 is 17.5 Å². The highest BCUT2D eigenvalue weighted by Crippen LogP contribution is 2.34. The zero-order valence-electron chi connectivity index (χ0n) is 23.0. The number of aromatic nitrogens is 1. The van der Waals surface area contributed by atoms with Crippen LogP contribution in [-0.4, -0.2) is 39.5 Å². The minimum absolute atomic E-state index is 0.147. The fourth-order valence-corrected chi connectivity index (χ4v) is 5.59. The van der Waals surface area contributed by atoms with Crippen LogP contribution in [0, 0.1) is 5.92 Å². The first kappa shape index (κ1) is 28.5. The summed E-state index contributed by atoms with van der Waals surface area (Å²) in [6.07, 6.45) is 0.776. The van der Waals surface area contributed by atoms with Crippen molar-refractivity contribution in [3.63, 3.8) is 0 Å². The Morgan fingerprint density at radius 1 is 1.12 bits per heavy atom. The van der Waals surface area contributed by atoms with Gasteiger partial charge in [-0.05, 0) is 60.7 Å². The van der Waals surface area contributed by atoms with Gasteiger partial charge in [-0.15, -0.1) is 0 Å². The van der Waals surface area contributed by atoms with E-state index in [-0.39, 0.29) is 11.8 Å². The molecule has 0 saturated carbocycles. The third-order valence-corrected chi connectivity index (χ3v) is 7.79. The molecule has 8 nitrogen and oxygen atoms in total. The third kappa shape index (κ3) is 5.91. The number of nitrogens with one attached hydrogen (secondary N) is 1. The normalized spacial score (nSPS) is 17.7. The number of nitrogens with zero attached hydrogens (tertiary/aromatic N) is 2. The van der Waals surface area contributed by atoms with Crippen molar-refractivity contribution in [1.82, 2.24) is 15.4 Å². The Kier molecular flexibility index (Phi) is 8.26. The van der Waals surface area contributed by atoms with Crippen molar-refractivity contribution >= 4 is 34.3 Å². The number of nitrogens with two attached hydrogens (primary N) is 1. The van der Waals surface area contributed by atoms with Gasteiger partial charge in [-0.1, -0.05) is 67.9 Å². The standard InChI is InChI=1S/C32H33ClN4O4/c1-20(2)16-29(30(38)36-40)37-15-14-32(34,31(37)39)23-10-12-25(13-11-23)41-19-22-18-28(21-6-5-7-24(33)17-21)35-27-9-4-3-8-26(22)27/h3-13,17-18,20,29,40H,14-16,19,34H2,1-2H3,(H,36,38). The van der Waals surface area contributed by atoms with E-state index in [9.17, 15) is 14.8 Å². The van der Waals surface area contributed by atoms with Gasteiger partial charge < -0.3 is 15.4 Å². The van der Waals surface area contributed by atoms with Crippen LogP contribution < -0.4 is 16.0 Å². The Hall–Kier alpha value is -3.98. The van der Waals surface area contributed by atoms with Gasteiger partial charge in [0.25, 0.3) is 5.91 Å². The molecular weight excluding hydrogens is 540 g/mol. The molecule has 2 unspecified atom stereocenters. The SMILES string of the molecule is CC(C)CC(C(=O)NO)N1CCC(N)(c2ccc(OCc3cc(-c4cccc(Cl)c4)nc4ccccc34)cc2)C1=O. The average molecular weight is 573 g/mol. The van der Waals surface area contributed by atoms with Gasteiger partial charge in [0.1, 0.15) is 23.9 Å². The van der Waals surface area contributed by atoms with Crippen LogP contribution in [0.15, 0.2) is 78.9 Å².